The Morgan fingerprint density at radius 2 is 1.79 bits per heavy atom. The fraction of sp³-hybridized carbons (Fsp3) is 0.364. The highest BCUT2D eigenvalue weighted by molar-refractivity contribution is 7.22. The monoisotopic (exact) mass is 499 g/mol. The number of thiazole rings is 1. The minimum absolute atomic E-state index is 0. The van der Waals surface area contributed by atoms with Gasteiger partial charge in [0.1, 0.15) is 22.8 Å². The van der Waals surface area contributed by atoms with Crippen LogP contribution in [0.4, 0.5) is 13.9 Å². The largest absolute Gasteiger partial charge is 0.497 e. The molecule has 0 saturated carbocycles. The zero-order valence-corrected chi connectivity index (χ0v) is 19.8. The Morgan fingerprint density at radius 1 is 1.12 bits per heavy atom. The zero-order valence-electron chi connectivity index (χ0n) is 18.2. The first kappa shape index (κ1) is 25.1. The Bertz CT molecular complexity index is 1100. The van der Waals surface area contributed by atoms with E-state index in [2.05, 4.69) is 9.88 Å². The molecule has 0 bridgehead atoms. The predicted molar refractivity (Wildman–Crippen MR) is 125 cm³/mol. The van der Waals surface area contributed by atoms with Gasteiger partial charge in [0.15, 0.2) is 10.9 Å². The van der Waals surface area contributed by atoms with Crippen molar-refractivity contribution in [2.45, 2.75) is 0 Å². The number of rotatable bonds is 7. The van der Waals surface area contributed by atoms with Gasteiger partial charge in [0.25, 0.3) is 5.91 Å². The van der Waals surface area contributed by atoms with Crippen molar-refractivity contribution in [3.63, 3.8) is 0 Å². The molecule has 1 amide bonds. The van der Waals surface area contributed by atoms with Crippen LogP contribution < -0.4 is 14.4 Å². The molecular formula is C22H24ClF2N3O4S. The van der Waals surface area contributed by atoms with Gasteiger partial charge in [-0.05, 0) is 18.2 Å². The van der Waals surface area contributed by atoms with E-state index in [0.717, 1.165) is 30.5 Å². The van der Waals surface area contributed by atoms with Crippen LogP contribution >= 0.6 is 23.7 Å². The fourth-order valence-electron chi connectivity index (χ4n) is 3.50. The van der Waals surface area contributed by atoms with Crippen molar-refractivity contribution < 1.29 is 27.8 Å². The third-order valence-corrected chi connectivity index (χ3v) is 6.25. The molecule has 7 nitrogen and oxygen atoms in total. The van der Waals surface area contributed by atoms with Gasteiger partial charge in [0.2, 0.25) is 0 Å². The Balaban J connectivity index is 0.00000306. The lowest BCUT2D eigenvalue weighted by Gasteiger charge is -2.29. The van der Waals surface area contributed by atoms with Gasteiger partial charge < -0.3 is 14.2 Å². The molecule has 0 spiro atoms. The normalized spacial score (nSPS) is 14.1. The zero-order chi connectivity index (χ0) is 22.7. The number of methoxy groups -OCH3 is 2. The second kappa shape index (κ2) is 11.1. The highest BCUT2D eigenvalue weighted by atomic mass is 35.5. The number of anilines is 1. The highest BCUT2D eigenvalue weighted by Gasteiger charge is 2.25. The highest BCUT2D eigenvalue weighted by Crippen LogP contribution is 2.33. The molecule has 0 atom stereocenters. The molecule has 1 aliphatic rings. The quantitative estimate of drug-likeness (QED) is 0.490. The van der Waals surface area contributed by atoms with Crippen LogP contribution in [0.25, 0.3) is 10.2 Å². The minimum Gasteiger partial charge on any atom is -0.497 e. The third kappa shape index (κ3) is 5.70. The van der Waals surface area contributed by atoms with E-state index in [1.54, 1.807) is 18.2 Å². The smallest absolute Gasteiger partial charge is 0.260 e. The van der Waals surface area contributed by atoms with E-state index in [9.17, 15) is 13.6 Å². The lowest BCUT2D eigenvalue weighted by atomic mass is 10.1. The number of carbonyl (C=O) groups is 1. The van der Waals surface area contributed by atoms with Gasteiger partial charge in [-0.15, -0.1) is 12.4 Å². The summed E-state index contributed by atoms with van der Waals surface area (Å²) in [5.74, 6) is -0.841. The summed E-state index contributed by atoms with van der Waals surface area (Å²) in [5, 5.41) is 0.296. The summed E-state index contributed by atoms with van der Waals surface area (Å²) in [6.07, 6.45) is 0. The van der Waals surface area contributed by atoms with Crippen LogP contribution in [0.3, 0.4) is 0 Å². The molecule has 0 unspecified atom stereocenters. The van der Waals surface area contributed by atoms with E-state index in [-0.39, 0.29) is 23.8 Å². The van der Waals surface area contributed by atoms with Gasteiger partial charge in [0.05, 0.1) is 32.1 Å². The number of aromatic nitrogens is 1. The maximum Gasteiger partial charge on any atom is 0.260 e. The lowest BCUT2D eigenvalue weighted by molar-refractivity contribution is 0.0391. The van der Waals surface area contributed by atoms with Gasteiger partial charge in [-0.2, -0.15) is 0 Å². The van der Waals surface area contributed by atoms with E-state index in [4.69, 9.17) is 14.2 Å². The Morgan fingerprint density at radius 3 is 2.42 bits per heavy atom. The van der Waals surface area contributed by atoms with Crippen molar-refractivity contribution in [3.05, 3.63) is 47.5 Å². The standard InChI is InChI=1S/C22H23F2N3O4S.ClH/c1-29-16-9-14(10-17(13-16)30-2)21(28)27(4-3-26-5-7-31-8-6-26)22-25-20-18(24)11-15(23)12-19(20)32-22;/h9-13H,3-8H2,1-2H3;1H. The number of morpholine rings is 1. The predicted octanol–water partition coefficient (Wildman–Crippen LogP) is 3.99. The van der Waals surface area contributed by atoms with E-state index < -0.39 is 11.6 Å². The number of carbonyl (C=O) groups excluding carboxylic acids is 1. The number of halogens is 3. The Hall–Kier alpha value is -2.53. The minimum atomic E-state index is -0.758. The summed E-state index contributed by atoms with van der Waals surface area (Å²) < 4.78 is 44.3. The third-order valence-electron chi connectivity index (χ3n) is 5.22. The summed E-state index contributed by atoms with van der Waals surface area (Å²) in [5.41, 5.74) is 0.382. The van der Waals surface area contributed by atoms with Gasteiger partial charge >= 0.3 is 0 Å². The molecule has 33 heavy (non-hydrogen) atoms. The second-order valence-electron chi connectivity index (χ2n) is 7.24. The van der Waals surface area contributed by atoms with E-state index in [0.29, 0.717) is 53.2 Å². The van der Waals surface area contributed by atoms with Crippen molar-refractivity contribution in [2.24, 2.45) is 0 Å². The summed E-state index contributed by atoms with van der Waals surface area (Å²) in [6.45, 7) is 3.69. The summed E-state index contributed by atoms with van der Waals surface area (Å²) in [4.78, 5) is 21.6. The van der Waals surface area contributed by atoms with Gasteiger partial charge in [-0.1, -0.05) is 11.3 Å². The van der Waals surface area contributed by atoms with Crippen LogP contribution in [0, 0.1) is 11.6 Å². The van der Waals surface area contributed by atoms with Crippen LogP contribution in [0.5, 0.6) is 11.5 Å². The molecule has 2 heterocycles. The molecule has 1 aliphatic heterocycles. The second-order valence-corrected chi connectivity index (χ2v) is 8.25. The average molecular weight is 500 g/mol. The average Bonchev–Trinajstić information content (AvgIpc) is 3.23. The van der Waals surface area contributed by atoms with Crippen molar-refractivity contribution in [1.82, 2.24) is 9.88 Å². The van der Waals surface area contributed by atoms with Crippen molar-refractivity contribution in [3.8, 4) is 11.5 Å². The molecule has 178 valence electrons. The van der Waals surface area contributed by atoms with E-state index in [1.807, 2.05) is 0 Å². The number of nitrogens with zero attached hydrogens (tertiary/aromatic N) is 3. The molecule has 2 aromatic carbocycles. The van der Waals surface area contributed by atoms with Crippen LogP contribution in [-0.4, -0.2) is 69.4 Å². The SMILES string of the molecule is COc1cc(OC)cc(C(=O)N(CCN2CCOCC2)c2nc3c(F)cc(F)cc3s2)c1.Cl. The first-order chi connectivity index (χ1) is 15.5. The first-order valence-corrected chi connectivity index (χ1v) is 10.9. The molecule has 1 aromatic heterocycles. The van der Waals surface area contributed by atoms with Gasteiger partial charge in [0, 0.05) is 43.9 Å². The number of hydrogen-bond donors (Lipinski definition) is 0. The molecule has 3 aromatic rings. The van der Waals surface area contributed by atoms with Crippen LogP contribution in [-0.2, 0) is 4.74 Å². The number of fused-ring (bicyclic) bond motifs is 1. The number of hydrogen-bond acceptors (Lipinski definition) is 7. The molecule has 11 heteroatoms. The molecule has 0 N–H and O–H groups in total. The van der Waals surface area contributed by atoms with E-state index >= 15 is 0 Å². The van der Waals surface area contributed by atoms with Crippen molar-refractivity contribution >= 4 is 45.0 Å². The van der Waals surface area contributed by atoms with Gasteiger partial charge in [-0.3, -0.25) is 14.6 Å². The fourth-order valence-corrected chi connectivity index (χ4v) is 4.53. The lowest BCUT2D eigenvalue weighted by Crippen LogP contribution is -2.43. The topological polar surface area (TPSA) is 64.1 Å². The Kier molecular flexibility index (Phi) is 8.41. The summed E-state index contributed by atoms with van der Waals surface area (Å²) in [7, 11) is 3.01. The number of benzene rings is 2. The van der Waals surface area contributed by atoms with Crippen molar-refractivity contribution in [2.75, 3.05) is 58.5 Å². The molecule has 0 radical (unpaired) electrons. The summed E-state index contributed by atoms with van der Waals surface area (Å²) >= 11 is 1.07. The van der Waals surface area contributed by atoms with E-state index in [1.165, 1.54) is 25.2 Å². The van der Waals surface area contributed by atoms with Gasteiger partial charge in [-0.25, -0.2) is 13.8 Å². The molecule has 1 saturated heterocycles. The first-order valence-electron chi connectivity index (χ1n) is 10.1. The number of ether oxygens (including phenoxy) is 3. The molecule has 4 rings (SSSR count). The maximum absolute atomic E-state index is 14.3. The summed E-state index contributed by atoms with van der Waals surface area (Å²) in [6, 6.07) is 6.91. The maximum atomic E-state index is 14.3. The van der Waals surface area contributed by atoms with Crippen LogP contribution in [0.1, 0.15) is 10.4 Å². The molecular weight excluding hydrogens is 476 g/mol. The molecule has 0 aliphatic carbocycles. The van der Waals surface area contributed by atoms with Crippen molar-refractivity contribution in [1.29, 1.82) is 0 Å². The number of amides is 1. The van der Waals surface area contributed by atoms with Crippen LogP contribution in [0.15, 0.2) is 30.3 Å². The Labute approximate surface area is 200 Å². The molecule has 1 fully saturated rings. The van der Waals surface area contributed by atoms with Crippen LogP contribution in [0.2, 0.25) is 0 Å².